The van der Waals surface area contributed by atoms with E-state index in [1.54, 1.807) is 26.5 Å². The number of para-hydroxylation sites is 1. The lowest BCUT2D eigenvalue weighted by Gasteiger charge is -2.12. The Labute approximate surface area is 129 Å². The van der Waals surface area contributed by atoms with E-state index in [0.717, 1.165) is 11.3 Å². The van der Waals surface area contributed by atoms with Crippen molar-refractivity contribution in [2.75, 3.05) is 14.2 Å². The van der Waals surface area contributed by atoms with Gasteiger partial charge >= 0.3 is 0 Å². The van der Waals surface area contributed by atoms with Crippen molar-refractivity contribution >= 4 is 12.0 Å². The quantitative estimate of drug-likeness (QED) is 0.832. The van der Waals surface area contributed by atoms with E-state index < -0.39 is 0 Å². The maximum atomic E-state index is 11.8. The van der Waals surface area contributed by atoms with Crippen molar-refractivity contribution < 1.29 is 14.3 Å². The number of pyridine rings is 1. The second-order valence-electron chi connectivity index (χ2n) is 4.46. The largest absolute Gasteiger partial charge is 0.493 e. The molecule has 0 unspecified atom stereocenters. The lowest BCUT2D eigenvalue weighted by atomic mass is 10.2. The fraction of sp³-hybridized carbons (Fsp3) is 0.176. The van der Waals surface area contributed by atoms with Crippen molar-refractivity contribution in [1.82, 2.24) is 10.3 Å². The number of nitrogens with one attached hydrogen (secondary N) is 1. The number of ether oxygens (including phenoxy) is 2. The highest BCUT2D eigenvalue weighted by Gasteiger charge is 2.09. The first-order chi connectivity index (χ1) is 10.7. The van der Waals surface area contributed by atoms with E-state index in [0.29, 0.717) is 18.0 Å². The number of carbonyl (C=O) groups is 1. The molecule has 0 fully saturated rings. The van der Waals surface area contributed by atoms with Gasteiger partial charge in [-0.3, -0.25) is 9.78 Å². The van der Waals surface area contributed by atoms with Crippen LogP contribution >= 0.6 is 0 Å². The summed E-state index contributed by atoms with van der Waals surface area (Å²) in [5.41, 5.74) is 1.58. The number of rotatable bonds is 6. The second-order valence-corrected chi connectivity index (χ2v) is 4.46. The third-order valence-corrected chi connectivity index (χ3v) is 3.03. The van der Waals surface area contributed by atoms with Crippen LogP contribution in [0.25, 0.3) is 6.08 Å². The third kappa shape index (κ3) is 4.09. The molecule has 0 saturated carbocycles. The molecule has 1 aromatic heterocycles. The molecule has 1 N–H and O–H groups in total. The van der Waals surface area contributed by atoms with Crippen LogP contribution in [0.15, 0.2) is 48.7 Å². The zero-order valence-electron chi connectivity index (χ0n) is 12.6. The van der Waals surface area contributed by atoms with Gasteiger partial charge in [0, 0.05) is 24.4 Å². The first-order valence-electron chi connectivity index (χ1n) is 6.81. The van der Waals surface area contributed by atoms with E-state index in [1.165, 1.54) is 6.08 Å². The molecule has 0 aliphatic heterocycles. The van der Waals surface area contributed by atoms with E-state index in [1.807, 2.05) is 36.4 Å². The Morgan fingerprint density at radius 2 is 2.05 bits per heavy atom. The molecule has 0 radical (unpaired) electrons. The summed E-state index contributed by atoms with van der Waals surface area (Å²) in [7, 11) is 3.15. The Morgan fingerprint density at radius 3 is 2.73 bits per heavy atom. The van der Waals surface area contributed by atoms with Gasteiger partial charge < -0.3 is 14.8 Å². The maximum Gasteiger partial charge on any atom is 0.244 e. The van der Waals surface area contributed by atoms with Crippen molar-refractivity contribution in [2.24, 2.45) is 0 Å². The van der Waals surface area contributed by atoms with Crippen molar-refractivity contribution in [3.05, 3.63) is 59.9 Å². The molecule has 0 aliphatic rings. The van der Waals surface area contributed by atoms with Crippen molar-refractivity contribution in [1.29, 1.82) is 0 Å². The first kappa shape index (κ1) is 15.6. The van der Waals surface area contributed by atoms with E-state index in [9.17, 15) is 4.79 Å². The topological polar surface area (TPSA) is 60.5 Å². The fourth-order valence-electron chi connectivity index (χ4n) is 1.97. The van der Waals surface area contributed by atoms with Gasteiger partial charge in [-0.05, 0) is 24.3 Å². The van der Waals surface area contributed by atoms with E-state index in [-0.39, 0.29) is 5.91 Å². The molecule has 0 atom stereocenters. The molecule has 0 spiro atoms. The molecule has 5 heteroatoms. The molecule has 5 nitrogen and oxygen atoms in total. The summed E-state index contributed by atoms with van der Waals surface area (Å²) in [5.74, 6) is 1.06. The smallest absolute Gasteiger partial charge is 0.244 e. The van der Waals surface area contributed by atoms with Crippen LogP contribution in [0, 0.1) is 0 Å². The minimum Gasteiger partial charge on any atom is -0.493 e. The zero-order chi connectivity index (χ0) is 15.8. The normalized spacial score (nSPS) is 10.5. The summed E-state index contributed by atoms with van der Waals surface area (Å²) in [4.78, 5) is 16.0. The third-order valence-electron chi connectivity index (χ3n) is 3.03. The molecule has 114 valence electrons. The van der Waals surface area contributed by atoms with Crippen LogP contribution in [0.2, 0.25) is 0 Å². The molecule has 0 saturated heterocycles. The van der Waals surface area contributed by atoms with Gasteiger partial charge in [0.25, 0.3) is 0 Å². The fourth-order valence-corrected chi connectivity index (χ4v) is 1.97. The minimum absolute atomic E-state index is 0.199. The summed E-state index contributed by atoms with van der Waals surface area (Å²) in [6, 6.07) is 11.1. The second kappa shape index (κ2) is 7.83. The van der Waals surface area contributed by atoms with Gasteiger partial charge in [-0.1, -0.05) is 18.2 Å². The predicted molar refractivity (Wildman–Crippen MR) is 84.7 cm³/mol. The van der Waals surface area contributed by atoms with Gasteiger partial charge in [0.15, 0.2) is 11.5 Å². The molecule has 2 rings (SSSR count). The Morgan fingerprint density at radius 1 is 1.18 bits per heavy atom. The Kier molecular flexibility index (Phi) is 5.54. The lowest BCUT2D eigenvalue weighted by molar-refractivity contribution is -0.116. The number of hydrogen-bond acceptors (Lipinski definition) is 4. The molecule has 0 aliphatic carbocycles. The Bertz CT molecular complexity index is 654. The highest BCUT2D eigenvalue weighted by Crippen LogP contribution is 2.30. The van der Waals surface area contributed by atoms with Crippen LogP contribution in [-0.4, -0.2) is 25.1 Å². The van der Waals surface area contributed by atoms with Gasteiger partial charge in [0.2, 0.25) is 5.91 Å². The predicted octanol–water partition coefficient (Wildman–Crippen LogP) is 2.43. The van der Waals surface area contributed by atoms with Gasteiger partial charge in [0.1, 0.15) is 0 Å². The van der Waals surface area contributed by atoms with Crippen molar-refractivity contribution in [2.45, 2.75) is 6.54 Å². The number of aromatic nitrogens is 1. The SMILES string of the molecule is COc1cccc(CNC(=O)/C=C/c2ccccn2)c1OC. The highest BCUT2D eigenvalue weighted by atomic mass is 16.5. The maximum absolute atomic E-state index is 11.8. The molecular weight excluding hydrogens is 280 g/mol. The monoisotopic (exact) mass is 298 g/mol. The summed E-state index contributed by atoms with van der Waals surface area (Å²) in [5, 5.41) is 2.81. The van der Waals surface area contributed by atoms with Gasteiger partial charge in [0.05, 0.1) is 19.9 Å². The summed E-state index contributed by atoms with van der Waals surface area (Å²) in [6.45, 7) is 0.353. The van der Waals surface area contributed by atoms with E-state index in [4.69, 9.17) is 9.47 Å². The van der Waals surface area contributed by atoms with Crippen molar-refractivity contribution in [3.63, 3.8) is 0 Å². The number of benzene rings is 1. The van der Waals surface area contributed by atoms with Crippen LogP contribution in [-0.2, 0) is 11.3 Å². The minimum atomic E-state index is -0.199. The number of carbonyl (C=O) groups excluding carboxylic acids is 1. The molecule has 22 heavy (non-hydrogen) atoms. The van der Waals surface area contributed by atoms with E-state index in [2.05, 4.69) is 10.3 Å². The summed E-state index contributed by atoms with van der Waals surface area (Å²) < 4.78 is 10.6. The van der Waals surface area contributed by atoms with E-state index >= 15 is 0 Å². The zero-order valence-corrected chi connectivity index (χ0v) is 12.6. The van der Waals surface area contributed by atoms with Gasteiger partial charge in [-0.15, -0.1) is 0 Å². The Hall–Kier alpha value is -2.82. The molecule has 1 amide bonds. The van der Waals surface area contributed by atoms with Crippen LogP contribution in [0.4, 0.5) is 0 Å². The highest BCUT2D eigenvalue weighted by molar-refractivity contribution is 5.91. The standard InChI is InChI=1S/C17H18N2O3/c1-21-15-8-5-6-13(17(15)22-2)12-19-16(20)10-9-14-7-3-4-11-18-14/h3-11H,12H2,1-2H3,(H,19,20)/b10-9+. The van der Waals surface area contributed by atoms with Gasteiger partial charge in [-0.2, -0.15) is 0 Å². The molecular formula is C17H18N2O3. The number of hydrogen-bond donors (Lipinski definition) is 1. The molecule has 1 heterocycles. The lowest BCUT2D eigenvalue weighted by Crippen LogP contribution is -2.20. The number of amides is 1. The average molecular weight is 298 g/mol. The molecule has 0 bridgehead atoms. The van der Waals surface area contributed by atoms with Crippen molar-refractivity contribution in [3.8, 4) is 11.5 Å². The first-order valence-corrected chi connectivity index (χ1v) is 6.81. The Balaban J connectivity index is 1.98. The summed E-state index contributed by atoms with van der Waals surface area (Å²) in [6.07, 6.45) is 4.80. The number of methoxy groups -OCH3 is 2. The number of nitrogens with zero attached hydrogens (tertiary/aromatic N) is 1. The average Bonchev–Trinajstić information content (AvgIpc) is 2.58. The summed E-state index contributed by atoms with van der Waals surface area (Å²) >= 11 is 0. The molecule has 2 aromatic rings. The van der Waals surface area contributed by atoms with Crippen LogP contribution in [0.3, 0.4) is 0 Å². The van der Waals surface area contributed by atoms with Crippen LogP contribution in [0.5, 0.6) is 11.5 Å². The van der Waals surface area contributed by atoms with Crippen LogP contribution < -0.4 is 14.8 Å². The van der Waals surface area contributed by atoms with Gasteiger partial charge in [-0.25, -0.2) is 0 Å². The van der Waals surface area contributed by atoms with Crippen LogP contribution in [0.1, 0.15) is 11.3 Å². The molecule has 1 aromatic carbocycles.